The summed E-state index contributed by atoms with van der Waals surface area (Å²) in [6, 6.07) is 15.9. The second-order valence-electron chi connectivity index (χ2n) is 8.35. The van der Waals surface area contributed by atoms with Crippen LogP contribution in [0.25, 0.3) is 0 Å². The molecule has 1 amide bonds. The first-order valence-electron chi connectivity index (χ1n) is 11.0. The van der Waals surface area contributed by atoms with Crippen LogP contribution in [0.3, 0.4) is 0 Å². The Bertz CT molecular complexity index is 964. The summed E-state index contributed by atoms with van der Waals surface area (Å²) < 4.78 is 16.1. The highest BCUT2D eigenvalue weighted by Crippen LogP contribution is 2.53. The number of hydrogen-bond acceptors (Lipinski definition) is 6. The van der Waals surface area contributed by atoms with Crippen molar-refractivity contribution < 1.29 is 28.9 Å². The summed E-state index contributed by atoms with van der Waals surface area (Å²) in [6.45, 7) is 2.29. The van der Waals surface area contributed by atoms with Gasteiger partial charge in [0.2, 0.25) is 0 Å². The summed E-state index contributed by atoms with van der Waals surface area (Å²) in [6.07, 6.45) is 0.525. The third-order valence-electron chi connectivity index (χ3n) is 6.66. The molecule has 4 rings (SSSR count). The Labute approximate surface area is 187 Å². The predicted molar refractivity (Wildman–Crippen MR) is 117 cm³/mol. The zero-order valence-electron chi connectivity index (χ0n) is 18.4. The van der Waals surface area contributed by atoms with Crippen molar-refractivity contribution in [2.45, 2.75) is 38.0 Å². The molecule has 2 fully saturated rings. The maximum atomic E-state index is 13.0. The molecular weight excluding hydrogens is 410 g/mol. The quantitative estimate of drug-likeness (QED) is 0.694. The lowest BCUT2D eigenvalue weighted by Gasteiger charge is -2.30. The normalized spacial score (nSPS) is 26.5. The maximum Gasteiger partial charge on any atom is 0.410 e. The number of methoxy groups -OCH3 is 1. The van der Waals surface area contributed by atoms with Gasteiger partial charge in [-0.1, -0.05) is 42.5 Å². The van der Waals surface area contributed by atoms with E-state index in [1.54, 1.807) is 14.0 Å². The summed E-state index contributed by atoms with van der Waals surface area (Å²) in [5.41, 5.74) is 0.422. The molecule has 1 heterocycles. The lowest BCUT2D eigenvalue weighted by atomic mass is 9.81. The lowest BCUT2D eigenvalue weighted by Crippen LogP contribution is -2.44. The first-order chi connectivity index (χ1) is 15.5. The molecule has 0 bridgehead atoms. The molecule has 1 aliphatic heterocycles. The summed E-state index contributed by atoms with van der Waals surface area (Å²) >= 11 is 0. The van der Waals surface area contributed by atoms with E-state index in [4.69, 9.17) is 14.2 Å². The number of carbonyl (C=O) groups excluding carboxylic acids is 2. The average Bonchev–Trinajstić information content (AvgIpc) is 3.37. The van der Waals surface area contributed by atoms with Crippen molar-refractivity contribution in [3.05, 3.63) is 65.7 Å². The Morgan fingerprint density at radius 2 is 1.91 bits per heavy atom. The van der Waals surface area contributed by atoms with Crippen LogP contribution in [0.4, 0.5) is 4.79 Å². The molecule has 1 N–H and O–H groups in total. The maximum absolute atomic E-state index is 13.0. The van der Waals surface area contributed by atoms with Gasteiger partial charge in [0, 0.05) is 12.5 Å². The van der Waals surface area contributed by atoms with Crippen molar-refractivity contribution in [2.24, 2.45) is 11.8 Å². The van der Waals surface area contributed by atoms with Crippen LogP contribution >= 0.6 is 0 Å². The molecule has 2 aliphatic rings. The van der Waals surface area contributed by atoms with Gasteiger partial charge in [-0.3, -0.25) is 4.90 Å². The van der Waals surface area contributed by atoms with Gasteiger partial charge in [0.25, 0.3) is 0 Å². The number of fused-ring (bicyclic) bond motifs is 1. The van der Waals surface area contributed by atoms with Crippen molar-refractivity contribution >= 4 is 12.1 Å². The molecule has 1 saturated heterocycles. The molecule has 1 saturated carbocycles. The van der Waals surface area contributed by atoms with Gasteiger partial charge < -0.3 is 19.3 Å². The standard InChI is InChI=1S/C25H29NO6/c1-3-31-23(27)22-20-12-13-25(29,18-10-7-11-19(14-18)30-2)21(20)15-26(22)24(28)32-16-17-8-5-4-6-9-17/h4-11,14,20-22,29H,3,12-13,15-16H2,1-2H3/t20-,21-,22-,25?/m0/s1. The van der Waals surface area contributed by atoms with E-state index in [0.29, 0.717) is 18.6 Å². The molecule has 7 heteroatoms. The molecule has 170 valence electrons. The zero-order valence-corrected chi connectivity index (χ0v) is 18.4. The van der Waals surface area contributed by atoms with Crippen LogP contribution in [-0.4, -0.2) is 48.4 Å². The molecule has 0 spiro atoms. The number of amides is 1. The van der Waals surface area contributed by atoms with E-state index < -0.39 is 23.7 Å². The van der Waals surface area contributed by atoms with E-state index in [1.807, 2.05) is 54.6 Å². The SMILES string of the molecule is CCOC(=O)[C@@H]1[C@H]2CCC(O)(c3cccc(OC)c3)[C@H]2CN1C(=O)OCc1ccccc1. The first-order valence-corrected chi connectivity index (χ1v) is 11.0. The third kappa shape index (κ3) is 4.05. The highest BCUT2D eigenvalue weighted by Gasteiger charge is 2.60. The van der Waals surface area contributed by atoms with Crippen molar-refractivity contribution in [1.29, 1.82) is 0 Å². The van der Waals surface area contributed by atoms with Gasteiger partial charge in [0.15, 0.2) is 0 Å². The topological polar surface area (TPSA) is 85.3 Å². The number of carbonyl (C=O) groups is 2. The van der Waals surface area contributed by atoms with Crippen LogP contribution in [0.5, 0.6) is 5.75 Å². The monoisotopic (exact) mass is 439 g/mol. The van der Waals surface area contributed by atoms with Crippen molar-refractivity contribution in [1.82, 2.24) is 4.90 Å². The van der Waals surface area contributed by atoms with E-state index in [2.05, 4.69) is 0 Å². The van der Waals surface area contributed by atoms with Crippen molar-refractivity contribution in [3.63, 3.8) is 0 Å². The molecule has 4 atom stereocenters. The van der Waals surface area contributed by atoms with E-state index in [1.165, 1.54) is 4.90 Å². The van der Waals surface area contributed by atoms with Gasteiger partial charge in [-0.15, -0.1) is 0 Å². The van der Waals surface area contributed by atoms with Gasteiger partial charge >= 0.3 is 12.1 Å². The number of aliphatic hydroxyl groups is 1. The van der Waals surface area contributed by atoms with Crippen LogP contribution in [0.15, 0.2) is 54.6 Å². The highest BCUT2D eigenvalue weighted by molar-refractivity contribution is 5.83. The number of nitrogens with zero attached hydrogens (tertiary/aromatic N) is 1. The molecule has 7 nitrogen and oxygen atoms in total. The van der Waals surface area contributed by atoms with Crippen molar-refractivity contribution in [2.75, 3.05) is 20.3 Å². The molecule has 0 radical (unpaired) electrons. The van der Waals surface area contributed by atoms with Gasteiger partial charge in [-0.05, 0) is 48.9 Å². The van der Waals surface area contributed by atoms with Crippen LogP contribution in [0.2, 0.25) is 0 Å². The molecule has 2 aromatic rings. The first kappa shape index (κ1) is 22.1. The Morgan fingerprint density at radius 1 is 1.12 bits per heavy atom. The van der Waals surface area contributed by atoms with E-state index in [0.717, 1.165) is 11.1 Å². The minimum atomic E-state index is -1.17. The molecular formula is C25H29NO6. The van der Waals surface area contributed by atoms with Gasteiger partial charge in [0.05, 0.1) is 19.3 Å². The predicted octanol–water partition coefficient (Wildman–Crippen LogP) is 3.49. The highest BCUT2D eigenvalue weighted by atomic mass is 16.6. The van der Waals surface area contributed by atoms with Crippen LogP contribution < -0.4 is 4.74 Å². The minimum absolute atomic E-state index is 0.112. The number of ether oxygens (including phenoxy) is 3. The van der Waals surface area contributed by atoms with Crippen LogP contribution in [-0.2, 0) is 26.5 Å². The van der Waals surface area contributed by atoms with Gasteiger partial charge in [-0.2, -0.15) is 0 Å². The fourth-order valence-electron chi connectivity index (χ4n) is 5.12. The summed E-state index contributed by atoms with van der Waals surface area (Å²) in [4.78, 5) is 27.3. The van der Waals surface area contributed by atoms with E-state index in [-0.39, 0.29) is 31.6 Å². The summed E-state index contributed by atoms with van der Waals surface area (Å²) in [7, 11) is 1.58. The van der Waals surface area contributed by atoms with Crippen LogP contribution in [0.1, 0.15) is 30.9 Å². The second-order valence-corrected chi connectivity index (χ2v) is 8.35. The van der Waals surface area contributed by atoms with E-state index >= 15 is 0 Å². The lowest BCUT2D eigenvalue weighted by molar-refractivity contribution is -0.149. The average molecular weight is 440 g/mol. The zero-order chi connectivity index (χ0) is 22.7. The molecule has 1 aliphatic carbocycles. The van der Waals surface area contributed by atoms with E-state index in [9.17, 15) is 14.7 Å². The minimum Gasteiger partial charge on any atom is -0.497 e. The summed E-state index contributed by atoms with van der Waals surface area (Å²) in [5, 5.41) is 11.7. The van der Waals surface area contributed by atoms with Crippen molar-refractivity contribution in [3.8, 4) is 5.75 Å². The number of benzene rings is 2. The molecule has 32 heavy (non-hydrogen) atoms. The van der Waals surface area contributed by atoms with Gasteiger partial charge in [0.1, 0.15) is 18.4 Å². The third-order valence-corrected chi connectivity index (χ3v) is 6.66. The number of likely N-dealkylation sites (tertiary alicyclic amines) is 1. The van der Waals surface area contributed by atoms with Crippen LogP contribution in [0, 0.1) is 11.8 Å². The Morgan fingerprint density at radius 3 is 2.62 bits per heavy atom. The number of esters is 1. The number of rotatable bonds is 6. The number of hydrogen-bond donors (Lipinski definition) is 1. The second kappa shape index (κ2) is 9.20. The fraction of sp³-hybridized carbons (Fsp3) is 0.440. The Kier molecular flexibility index (Phi) is 6.37. The fourth-order valence-corrected chi connectivity index (χ4v) is 5.12. The van der Waals surface area contributed by atoms with Gasteiger partial charge in [-0.25, -0.2) is 9.59 Å². The smallest absolute Gasteiger partial charge is 0.410 e. The summed E-state index contributed by atoms with van der Waals surface area (Å²) in [5.74, 6) is -0.326. The molecule has 2 aromatic carbocycles. The molecule has 0 aromatic heterocycles. The largest absolute Gasteiger partial charge is 0.497 e. The Balaban J connectivity index is 1.58. The Hall–Kier alpha value is -3.06. The molecule has 1 unspecified atom stereocenters.